The van der Waals surface area contributed by atoms with E-state index in [9.17, 15) is 4.79 Å². The number of hydrogen-bond donors (Lipinski definition) is 3. The number of methoxy groups -OCH3 is 3. The van der Waals surface area contributed by atoms with E-state index in [0.29, 0.717) is 22.8 Å². The SMILES string of the molecule is COc1cc(C/C(=N/N=C(N)N)C(=O)O)cc(OC)c1OC. The molecule has 9 nitrogen and oxygen atoms in total. The number of benzene rings is 1. The fraction of sp³-hybridized carbons (Fsp3) is 0.308. The van der Waals surface area contributed by atoms with Crippen LogP contribution in [0, 0.1) is 0 Å². The third-order valence-corrected chi connectivity index (χ3v) is 2.63. The normalized spacial score (nSPS) is 10.8. The molecule has 0 amide bonds. The molecule has 0 atom stereocenters. The highest BCUT2D eigenvalue weighted by Gasteiger charge is 2.17. The first-order chi connectivity index (χ1) is 10.4. The Kier molecular flexibility index (Phi) is 5.99. The molecule has 22 heavy (non-hydrogen) atoms. The number of nitrogens with two attached hydrogens (primary N) is 2. The second kappa shape index (κ2) is 7.72. The molecular weight excluding hydrogens is 292 g/mol. The number of nitrogens with zero attached hydrogens (tertiary/aromatic N) is 2. The zero-order valence-electron chi connectivity index (χ0n) is 12.5. The van der Waals surface area contributed by atoms with Crippen molar-refractivity contribution in [1.82, 2.24) is 0 Å². The van der Waals surface area contributed by atoms with E-state index >= 15 is 0 Å². The molecule has 0 spiro atoms. The Labute approximate surface area is 127 Å². The third kappa shape index (κ3) is 4.27. The second-order valence-electron chi connectivity index (χ2n) is 4.09. The fourth-order valence-corrected chi connectivity index (χ4v) is 1.70. The maximum atomic E-state index is 11.2. The van der Waals surface area contributed by atoms with E-state index in [-0.39, 0.29) is 18.1 Å². The quantitative estimate of drug-likeness (QED) is 0.364. The summed E-state index contributed by atoms with van der Waals surface area (Å²) in [5, 5.41) is 16.0. The molecule has 0 aromatic heterocycles. The summed E-state index contributed by atoms with van der Waals surface area (Å²) in [6.45, 7) is 0. The van der Waals surface area contributed by atoms with E-state index in [2.05, 4.69) is 10.2 Å². The molecule has 0 aliphatic rings. The Morgan fingerprint density at radius 2 is 1.64 bits per heavy atom. The van der Waals surface area contributed by atoms with Gasteiger partial charge in [0.05, 0.1) is 21.3 Å². The second-order valence-corrected chi connectivity index (χ2v) is 4.09. The van der Waals surface area contributed by atoms with E-state index in [1.54, 1.807) is 12.1 Å². The largest absolute Gasteiger partial charge is 0.493 e. The number of hydrogen-bond acceptors (Lipinski definition) is 6. The van der Waals surface area contributed by atoms with Crippen molar-refractivity contribution in [3.63, 3.8) is 0 Å². The highest BCUT2D eigenvalue weighted by Crippen LogP contribution is 2.38. The minimum atomic E-state index is -1.24. The minimum absolute atomic E-state index is 0.0250. The molecule has 1 aromatic rings. The van der Waals surface area contributed by atoms with Crippen LogP contribution in [0.15, 0.2) is 22.3 Å². The van der Waals surface area contributed by atoms with Gasteiger partial charge in [0.15, 0.2) is 17.2 Å². The van der Waals surface area contributed by atoms with Crippen LogP contribution >= 0.6 is 0 Å². The molecule has 0 radical (unpaired) electrons. The zero-order valence-corrected chi connectivity index (χ0v) is 12.5. The van der Waals surface area contributed by atoms with Gasteiger partial charge in [0.1, 0.15) is 0 Å². The number of rotatable bonds is 7. The van der Waals surface area contributed by atoms with Gasteiger partial charge < -0.3 is 30.8 Å². The van der Waals surface area contributed by atoms with E-state index in [0.717, 1.165) is 0 Å². The van der Waals surface area contributed by atoms with E-state index < -0.39 is 5.97 Å². The van der Waals surface area contributed by atoms with Crippen LogP contribution in [0.5, 0.6) is 17.2 Å². The van der Waals surface area contributed by atoms with Crippen LogP contribution in [0.3, 0.4) is 0 Å². The Balaban J connectivity index is 3.23. The zero-order chi connectivity index (χ0) is 16.7. The topological polar surface area (TPSA) is 142 Å². The summed E-state index contributed by atoms with van der Waals surface area (Å²) in [5.74, 6) is -0.346. The number of aliphatic carboxylic acids is 1. The smallest absolute Gasteiger partial charge is 0.352 e. The summed E-state index contributed by atoms with van der Waals surface area (Å²) < 4.78 is 15.6. The number of ether oxygens (including phenoxy) is 3. The maximum absolute atomic E-state index is 11.2. The van der Waals surface area contributed by atoms with Crippen LogP contribution < -0.4 is 25.7 Å². The maximum Gasteiger partial charge on any atom is 0.352 e. The van der Waals surface area contributed by atoms with Crippen LogP contribution in [0.2, 0.25) is 0 Å². The Hall–Kier alpha value is -2.97. The highest BCUT2D eigenvalue weighted by atomic mass is 16.5. The molecule has 0 saturated carbocycles. The molecular formula is C13H18N4O5. The lowest BCUT2D eigenvalue weighted by molar-refractivity contribution is -0.129. The highest BCUT2D eigenvalue weighted by molar-refractivity contribution is 6.36. The average Bonchev–Trinajstić information content (AvgIpc) is 2.49. The predicted molar refractivity (Wildman–Crippen MR) is 80.7 cm³/mol. The van der Waals surface area contributed by atoms with Crippen molar-refractivity contribution in [3.05, 3.63) is 17.7 Å². The van der Waals surface area contributed by atoms with Crippen LogP contribution in [0.1, 0.15) is 5.56 Å². The molecule has 0 aliphatic heterocycles. The summed E-state index contributed by atoms with van der Waals surface area (Å²) in [7, 11) is 4.41. The molecule has 1 rings (SSSR count). The van der Waals surface area contributed by atoms with Gasteiger partial charge in [-0.15, -0.1) is 10.2 Å². The van der Waals surface area contributed by atoms with Crippen molar-refractivity contribution in [3.8, 4) is 17.2 Å². The van der Waals surface area contributed by atoms with Crippen LogP contribution in [0.25, 0.3) is 0 Å². The molecule has 0 heterocycles. The molecule has 0 bridgehead atoms. The van der Waals surface area contributed by atoms with E-state index in [4.69, 9.17) is 30.8 Å². The molecule has 0 fully saturated rings. The summed E-state index contributed by atoms with van der Waals surface area (Å²) >= 11 is 0. The fourth-order valence-electron chi connectivity index (χ4n) is 1.70. The monoisotopic (exact) mass is 310 g/mol. The van der Waals surface area contributed by atoms with Gasteiger partial charge >= 0.3 is 5.97 Å². The number of carbonyl (C=O) groups is 1. The van der Waals surface area contributed by atoms with Gasteiger partial charge in [-0.3, -0.25) is 0 Å². The minimum Gasteiger partial charge on any atom is -0.493 e. The molecule has 9 heteroatoms. The van der Waals surface area contributed by atoms with Crippen molar-refractivity contribution in [2.24, 2.45) is 21.7 Å². The molecule has 0 unspecified atom stereocenters. The first-order valence-corrected chi connectivity index (χ1v) is 6.10. The van der Waals surface area contributed by atoms with Gasteiger partial charge in [0.25, 0.3) is 0 Å². The molecule has 5 N–H and O–H groups in total. The van der Waals surface area contributed by atoms with Gasteiger partial charge in [-0.1, -0.05) is 0 Å². The Bertz CT molecular complexity index is 583. The summed E-state index contributed by atoms with van der Waals surface area (Å²) in [4.78, 5) is 11.2. The van der Waals surface area contributed by atoms with Crippen molar-refractivity contribution in [2.45, 2.75) is 6.42 Å². The van der Waals surface area contributed by atoms with Crippen molar-refractivity contribution in [2.75, 3.05) is 21.3 Å². The molecule has 120 valence electrons. The van der Waals surface area contributed by atoms with E-state index in [1.807, 2.05) is 0 Å². The first-order valence-electron chi connectivity index (χ1n) is 6.10. The van der Waals surface area contributed by atoms with Crippen LogP contribution in [0.4, 0.5) is 0 Å². The van der Waals surface area contributed by atoms with Crippen molar-refractivity contribution in [1.29, 1.82) is 0 Å². The van der Waals surface area contributed by atoms with Gasteiger partial charge in [-0.05, 0) is 17.7 Å². The Morgan fingerprint density at radius 1 is 1.09 bits per heavy atom. The van der Waals surface area contributed by atoms with Crippen molar-refractivity contribution >= 4 is 17.6 Å². The standard InChI is InChI=1S/C13H18N4O5/c1-20-9-5-7(6-10(21-2)11(9)22-3)4-8(12(18)19)16-17-13(14)15/h5-6H,4H2,1-3H3,(H,18,19)(H4,14,15,17)/b16-8-. The lowest BCUT2D eigenvalue weighted by Gasteiger charge is -2.13. The van der Waals surface area contributed by atoms with E-state index in [1.165, 1.54) is 21.3 Å². The lowest BCUT2D eigenvalue weighted by Crippen LogP contribution is -2.23. The van der Waals surface area contributed by atoms with Gasteiger partial charge in [0, 0.05) is 6.42 Å². The first kappa shape index (κ1) is 17.1. The third-order valence-electron chi connectivity index (χ3n) is 2.63. The Morgan fingerprint density at radius 3 is 2.00 bits per heavy atom. The number of carboxylic acid groups (broad SMARTS) is 1. The van der Waals surface area contributed by atoms with Gasteiger partial charge in [0.2, 0.25) is 11.7 Å². The lowest BCUT2D eigenvalue weighted by atomic mass is 10.1. The van der Waals surface area contributed by atoms with Crippen LogP contribution in [-0.4, -0.2) is 44.1 Å². The average molecular weight is 310 g/mol. The summed E-state index contributed by atoms with van der Waals surface area (Å²) in [6, 6.07) is 3.24. The molecule has 0 aliphatic carbocycles. The van der Waals surface area contributed by atoms with Gasteiger partial charge in [-0.25, -0.2) is 4.79 Å². The van der Waals surface area contributed by atoms with Crippen molar-refractivity contribution < 1.29 is 24.1 Å². The summed E-state index contributed by atoms with van der Waals surface area (Å²) in [5.41, 5.74) is 10.6. The molecule has 1 aromatic carbocycles. The predicted octanol–water partition coefficient (Wildman–Crippen LogP) is -0.0311. The summed E-state index contributed by atoms with van der Waals surface area (Å²) in [6.07, 6.45) is -0.0250. The number of guanidine groups is 1. The number of carboxylic acids is 1. The van der Waals surface area contributed by atoms with Gasteiger partial charge in [-0.2, -0.15) is 0 Å². The van der Waals surface area contributed by atoms with Crippen LogP contribution in [-0.2, 0) is 11.2 Å². The molecule has 0 saturated heterocycles.